The summed E-state index contributed by atoms with van der Waals surface area (Å²) in [6, 6.07) is 0. The molecule has 1 heteroatoms. The molecule has 1 rings (SSSR count). The summed E-state index contributed by atoms with van der Waals surface area (Å²) in [4.78, 5) is 0. The van der Waals surface area contributed by atoms with Crippen molar-refractivity contribution in [2.24, 2.45) is 11.8 Å². The molecule has 0 aromatic heterocycles. The minimum Gasteiger partial charge on any atom is -0.316 e. The maximum atomic E-state index is 3.63. The van der Waals surface area contributed by atoms with Crippen molar-refractivity contribution in [1.82, 2.24) is 5.32 Å². The molecule has 0 amide bonds. The minimum atomic E-state index is 0.922. The standard InChI is InChI=1S/C14H29N/c1-3-5-7-13(4-2)12-15-11-6-8-14-9-10-14/h13-15H,3-12H2,1-2H3. The van der Waals surface area contributed by atoms with Crippen LogP contribution in [0.25, 0.3) is 0 Å². The zero-order valence-electron chi connectivity index (χ0n) is 10.7. The van der Waals surface area contributed by atoms with E-state index in [-0.39, 0.29) is 0 Å². The first-order valence-electron chi connectivity index (χ1n) is 7.07. The van der Waals surface area contributed by atoms with Gasteiger partial charge in [-0.3, -0.25) is 0 Å². The Bertz CT molecular complexity index is 140. The monoisotopic (exact) mass is 211 g/mol. The lowest BCUT2D eigenvalue weighted by atomic mass is 9.99. The van der Waals surface area contributed by atoms with Gasteiger partial charge in [0.2, 0.25) is 0 Å². The molecule has 15 heavy (non-hydrogen) atoms. The van der Waals surface area contributed by atoms with E-state index in [9.17, 15) is 0 Å². The Morgan fingerprint density at radius 3 is 2.60 bits per heavy atom. The second-order valence-electron chi connectivity index (χ2n) is 5.21. The highest BCUT2D eigenvalue weighted by molar-refractivity contribution is 4.73. The molecule has 1 aliphatic carbocycles. The van der Waals surface area contributed by atoms with E-state index < -0.39 is 0 Å². The van der Waals surface area contributed by atoms with Gasteiger partial charge in [-0.1, -0.05) is 46.0 Å². The van der Waals surface area contributed by atoms with Crippen LogP contribution in [0.15, 0.2) is 0 Å². The van der Waals surface area contributed by atoms with Gasteiger partial charge in [0.15, 0.2) is 0 Å². The fourth-order valence-electron chi connectivity index (χ4n) is 2.17. The first-order valence-corrected chi connectivity index (χ1v) is 7.07. The van der Waals surface area contributed by atoms with E-state index in [4.69, 9.17) is 0 Å². The Kier molecular flexibility index (Phi) is 7.08. The molecule has 0 saturated heterocycles. The van der Waals surface area contributed by atoms with Crippen LogP contribution < -0.4 is 5.32 Å². The molecule has 1 N–H and O–H groups in total. The largest absolute Gasteiger partial charge is 0.316 e. The van der Waals surface area contributed by atoms with E-state index in [2.05, 4.69) is 19.2 Å². The number of rotatable bonds is 10. The Labute approximate surface area is 96.0 Å². The second-order valence-corrected chi connectivity index (χ2v) is 5.21. The van der Waals surface area contributed by atoms with Gasteiger partial charge < -0.3 is 5.32 Å². The zero-order chi connectivity index (χ0) is 10.9. The van der Waals surface area contributed by atoms with Crippen LogP contribution in [-0.4, -0.2) is 13.1 Å². The first-order chi connectivity index (χ1) is 7.36. The lowest BCUT2D eigenvalue weighted by Crippen LogP contribution is -2.23. The molecule has 0 heterocycles. The summed E-state index contributed by atoms with van der Waals surface area (Å²) in [6.45, 7) is 7.11. The lowest BCUT2D eigenvalue weighted by molar-refractivity contribution is 0.415. The number of nitrogens with one attached hydrogen (secondary N) is 1. The highest BCUT2D eigenvalue weighted by atomic mass is 14.8. The molecule has 1 fully saturated rings. The molecular weight excluding hydrogens is 182 g/mol. The molecule has 1 atom stereocenters. The summed E-state index contributed by atoms with van der Waals surface area (Å²) in [5, 5.41) is 3.63. The van der Waals surface area contributed by atoms with Gasteiger partial charge >= 0.3 is 0 Å². The van der Waals surface area contributed by atoms with Gasteiger partial charge in [0, 0.05) is 0 Å². The van der Waals surface area contributed by atoms with Crippen LogP contribution in [0.5, 0.6) is 0 Å². The van der Waals surface area contributed by atoms with Gasteiger partial charge in [0.05, 0.1) is 0 Å². The van der Waals surface area contributed by atoms with Gasteiger partial charge in [-0.2, -0.15) is 0 Å². The molecule has 1 aliphatic rings. The van der Waals surface area contributed by atoms with E-state index >= 15 is 0 Å². The van der Waals surface area contributed by atoms with Crippen molar-refractivity contribution < 1.29 is 0 Å². The third kappa shape index (κ3) is 6.94. The van der Waals surface area contributed by atoms with Crippen LogP contribution in [0.2, 0.25) is 0 Å². The van der Waals surface area contributed by atoms with Gasteiger partial charge in [0.1, 0.15) is 0 Å². The summed E-state index contributed by atoms with van der Waals surface area (Å²) in [7, 11) is 0. The van der Waals surface area contributed by atoms with E-state index in [1.54, 1.807) is 0 Å². The molecule has 1 unspecified atom stereocenters. The number of unbranched alkanes of at least 4 members (excludes halogenated alkanes) is 1. The van der Waals surface area contributed by atoms with Crippen LogP contribution in [0.4, 0.5) is 0 Å². The summed E-state index contributed by atoms with van der Waals surface area (Å²) in [5.74, 6) is 2.03. The van der Waals surface area contributed by atoms with Crippen LogP contribution >= 0.6 is 0 Å². The predicted molar refractivity (Wildman–Crippen MR) is 68.1 cm³/mol. The maximum Gasteiger partial charge on any atom is -0.00206 e. The van der Waals surface area contributed by atoms with E-state index in [1.807, 2.05) is 0 Å². The fraction of sp³-hybridized carbons (Fsp3) is 1.00. The number of hydrogen-bond acceptors (Lipinski definition) is 1. The Morgan fingerprint density at radius 2 is 2.00 bits per heavy atom. The number of hydrogen-bond donors (Lipinski definition) is 1. The molecule has 0 aromatic carbocycles. The van der Waals surface area contributed by atoms with Crippen molar-refractivity contribution in [2.75, 3.05) is 13.1 Å². The SMILES string of the molecule is CCCCC(CC)CNCCCC1CC1. The average molecular weight is 211 g/mol. The van der Waals surface area contributed by atoms with Crippen molar-refractivity contribution in [1.29, 1.82) is 0 Å². The Hall–Kier alpha value is -0.0400. The normalized spacial score (nSPS) is 18.0. The van der Waals surface area contributed by atoms with Crippen LogP contribution in [-0.2, 0) is 0 Å². The topological polar surface area (TPSA) is 12.0 Å². The smallest absolute Gasteiger partial charge is 0.00206 e. The summed E-state index contributed by atoms with van der Waals surface area (Å²) in [6.07, 6.45) is 11.4. The molecular formula is C14H29N. The van der Waals surface area contributed by atoms with Gasteiger partial charge in [-0.05, 0) is 44.2 Å². The van der Waals surface area contributed by atoms with Crippen molar-refractivity contribution in [3.63, 3.8) is 0 Å². The molecule has 1 saturated carbocycles. The first kappa shape index (κ1) is 13.0. The zero-order valence-corrected chi connectivity index (χ0v) is 10.7. The van der Waals surface area contributed by atoms with E-state index in [1.165, 1.54) is 64.5 Å². The van der Waals surface area contributed by atoms with Crippen molar-refractivity contribution in [3.05, 3.63) is 0 Å². The molecule has 0 spiro atoms. The second kappa shape index (κ2) is 8.15. The Balaban J connectivity index is 1.86. The van der Waals surface area contributed by atoms with Crippen molar-refractivity contribution in [2.45, 2.75) is 65.2 Å². The lowest BCUT2D eigenvalue weighted by Gasteiger charge is -2.15. The van der Waals surface area contributed by atoms with E-state index in [0.29, 0.717) is 0 Å². The third-order valence-corrected chi connectivity index (χ3v) is 3.64. The Morgan fingerprint density at radius 1 is 1.20 bits per heavy atom. The minimum absolute atomic E-state index is 0.922. The molecule has 0 radical (unpaired) electrons. The third-order valence-electron chi connectivity index (χ3n) is 3.64. The summed E-state index contributed by atoms with van der Waals surface area (Å²) >= 11 is 0. The highest BCUT2D eigenvalue weighted by Crippen LogP contribution is 2.33. The van der Waals surface area contributed by atoms with Crippen molar-refractivity contribution in [3.8, 4) is 0 Å². The van der Waals surface area contributed by atoms with Gasteiger partial charge in [0.25, 0.3) is 0 Å². The molecule has 0 aromatic rings. The van der Waals surface area contributed by atoms with Gasteiger partial charge in [-0.15, -0.1) is 0 Å². The van der Waals surface area contributed by atoms with E-state index in [0.717, 1.165) is 11.8 Å². The highest BCUT2D eigenvalue weighted by Gasteiger charge is 2.19. The van der Waals surface area contributed by atoms with Crippen LogP contribution in [0.3, 0.4) is 0 Å². The van der Waals surface area contributed by atoms with Crippen LogP contribution in [0, 0.1) is 11.8 Å². The van der Waals surface area contributed by atoms with Gasteiger partial charge in [-0.25, -0.2) is 0 Å². The van der Waals surface area contributed by atoms with Crippen LogP contribution in [0.1, 0.15) is 65.2 Å². The van der Waals surface area contributed by atoms with Crippen molar-refractivity contribution >= 4 is 0 Å². The molecule has 0 aliphatic heterocycles. The summed E-state index contributed by atoms with van der Waals surface area (Å²) < 4.78 is 0. The fourth-order valence-corrected chi connectivity index (χ4v) is 2.17. The quantitative estimate of drug-likeness (QED) is 0.539. The molecule has 0 bridgehead atoms. The predicted octanol–water partition coefficient (Wildman–Crippen LogP) is 3.98. The molecule has 1 nitrogen and oxygen atoms in total. The average Bonchev–Trinajstić information content (AvgIpc) is 3.06. The molecule has 90 valence electrons. The maximum absolute atomic E-state index is 3.63. The summed E-state index contributed by atoms with van der Waals surface area (Å²) in [5.41, 5.74) is 0.